The Kier molecular flexibility index (Phi) is 8.77. The molecule has 1 aromatic rings. The minimum Gasteiger partial charge on any atom is -0.490 e. The van der Waals surface area contributed by atoms with Crippen LogP contribution in [0, 0.1) is 5.41 Å². The molecule has 7 heteroatoms. The van der Waals surface area contributed by atoms with E-state index in [2.05, 4.69) is 0 Å². The summed E-state index contributed by atoms with van der Waals surface area (Å²) in [5.74, 6) is 0.359. The smallest absolute Gasteiger partial charge is 0.131 e. The molecule has 1 rings (SSSR count). The Morgan fingerprint density at radius 1 is 1.10 bits per heavy atom. The molecule has 0 unspecified atom stereocenters. The van der Waals surface area contributed by atoms with Gasteiger partial charge in [-0.25, -0.2) is 0 Å². The van der Waals surface area contributed by atoms with Gasteiger partial charge in [0.15, 0.2) is 0 Å². The highest BCUT2D eigenvalue weighted by Crippen LogP contribution is 2.25. The first-order valence-corrected chi connectivity index (χ1v) is 6.94. The van der Waals surface area contributed by atoms with Crippen LogP contribution in [0.5, 0.6) is 5.75 Å². The van der Waals surface area contributed by atoms with Crippen molar-refractivity contribution in [1.82, 2.24) is 0 Å². The van der Waals surface area contributed by atoms with Crippen molar-refractivity contribution in [2.45, 2.75) is 0 Å². The maximum Gasteiger partial charge on any atom is 0.131 e. The predicted molar refractivity (Wildman–Crippen MR) is 81.5 cm³/mol. The summed E-state index contributed by atoms with van der Waals surface area (Å²) >= 11 is 5.99. The van der Waals surface area contributed by atoms with E-state index in [1.54, 1.807) is 25.3 Å². The number of nitrogens with one attached hydrogen (secondary N) is 1. The van der Waals surface area contributed by atoms with Crippen molar-refractivity contribution in [2.24, 2.45) is 5.73 Å². The minimum absolute atomic E-state index is 0.122. The third kappa shape index (κ3) is 6.77. The second kappa shape index (κ2) is 10.4. The van der Waals surface area contributed by atoms with E-state index in [9.17, 15) is 0 Å². The summed E-state index contributed by atoms with van der Waals surface area (Å²) in [7, 11) is 1.63. The third-order valence-electron chi connectivity index (χ3n) is 2.53. The molecule has 0 aliphatic rings. The topological polar surface area (TPSA) is 86.8 Å². The standard InChI is InChI=1S/C14H21ClN2O4/c1-18-5-6-19-7-8-20-9-10-21-12-4-2-3-11(15)13(12)14(16)17/h2-4H,5-10H2,1H3,(H3,16,17). The highest BCUT2D eigenvalue weighted by atomic mass is 35.5. The lowest BCUT2D eigenvalue weighted by molar-refractivity contribution is 0.0179. The zero-order chi connectivity index (χ0) is 15.5. The van der Waals surface area contributed by atoms with Crippen molar-refractivity contribution in [3.8, 4) is 5.75 Å². The molecular weight excluding hydrogens is 296 g/mol. The fourth-order valence-electron chi connectivity index (χ4n) is 1.56. The van der Waals surface area contributed by atoms with Gasteiger partial charge in [-0.05, 0) is 12.1 Å². The van der Waals surface area contributed by atoms with Gasteiger partial charge in [-0.1, -0.05) is 17.7 Å². The number of benzene rings is 1. The first-order valence-electron chi connectivity index (χ1n) is 6.57. The van der Waals surface area contributed by atoms with E-state index in [-0.39, 0.29) is 5.84 Å². The molecule has 0 spiro atoms. The number of halogens is 1. The lowest BCUT2D eigenvalue weighted by atomic mass is 10.2. The van der Waals surface area contributed by atoms with Crippen molar-refractivity contribution >= 4 is 17.4 Å². The second-order valence-corrected chi connectivity index (χ2v) is 4.50. The normalized spacial score (nSPS) is 10.6. The Balaban J connectivity index is 2.21. The third-order valence-corrected chi connectivity index (χ3v) is 2.85. The maximum absolute atomic E-state index is 7.50. The van der Waals surface area contributed by atoms with Crippen LogP contribution in [0.2, 0.25) is 5.02 Å². The van der Waals surface area contributed by atoms with Crippen molar-refractivity contribution in [2.75, 3.05) is 46.8 Å². The van der Waals surface area contributed by atoms with Gasteiger partial charge in [-0.2, -0.15) is 0 Å². The monoisotopic (exact) mass is 316 g/mol. The van der Waals surface area contributed by atoms with Crippen LogP contribution in [0.3, 0.4) is 0 Å². The number of hydrogen-bond acceptors (Lipinski definition) is 5. The summed E-state index contributed by atoms with van der Waals surface area (Å²) in [6.45, 7) is 2.89. The van der Waals surface area contributed by atoms with E-state index in [1.165, 1.54) is 0 Å². The number of amidine groups is 1. The molecule has 0 atom stereocenters. The van der Waals surface area contributed by atoms with Crippen molar-refractivity contribution in [3.63, 3.8) is 0 Å². The second-order valence-electron chi connectivity index (χ2n) is 4.09. The quantitative estimate of drug-likeness (QED) is 0.368. The summed E-state index contributed by atoms with van der Waals surface area (Å²) in [4.78, 5) is 0. The van der Waals surface area contributed by atoms with Gasteiger partial charge in [0, 0.05) is 7.11 Å². The molecule has 0 aliphatic carbocycles. The zero-order valence-corrected chi connectivity index (χ0v) is 12.8. The molecule has 0 bridgehead atoms. The van der Waals surface area contributed by atoms with Crippen LogP contribution in [-0.2, 0) is 14.2 Å². The molecule has 0 aromatic heterocycles. The number of hydrogen-bond donors (Lipinski definition) is 2. The van der Waals surface area contributed by atoms with E-state index < -0.39 is 0 Å². The van der Waals surface area contributed by atoms with Gasteiger partial charge in [0.2, 0.25) is 0 Å². The maximum atomic E-state index is 7.50. The number of nitrogens with two attached hydrogens (primary N) is 1. The highest BCUT2D eigenvalue weighted by molar-refractivity contribution is 6.34. The molecule has 118 valence electrons. The summed E-state index contributed by atoms with van der Waals surface area (Å²) in [5, 5.41) is 7.89. The van der Waals surface area contributed by atoms with Crippen LogP contribution < -0.4 is 10.5 Å². The van der Waals surface area contributed by atoms with Gasteiger partial charge in [0.05, 0.1) is 43.6 Å². The summed E-state index contributed by atoms with van der Waals surface area (Å²) < 4.78 is 21.0. The van der Waals surface area contributed by atoms with Gasteiger partial charge in [0.25, 0.3) is 0 Å². The zero-order valence-electron chi connectivity index (χ0n) is 12.1. The predicted octanol–water partition coefficient (Wildman–Crippen LogP) is 1.68. The Hall–Kier alpha value is -1.34. The van der Waals surface area contributed by atoms with Crippen LogP contribution in [0.15, 0.2) is 18.2 Å². The summed E-state index contributed by atoms with van der Waals surface area (Å²) in [6.07, 6.45) is 0. The lowest BCUT2D eigenvalue weighted by Crippen LogP contribution is -2.16. The molecule has 0 fully saturated rings. The molecule has 0 saturated heterocycles. The molecule has 6 nitrogen and oxygen atoms in total. The van der Waals surface area contributed by atoms with E-state index in [4.69, 9.17) is 41.7 Å². The highest BCUT2D eigenvalue weighted by Gasteiger charge is 2.10. The SMILES string of the molecule is COCCOCCOCCOc1cccc(Cl)c1C(=N)N. The van der Waals surface area contributed by atoms with E-state index in [0.29, 0.717) is 56.0 Å². The fraction of sp³-hybridized carbons (Fsp3) is 0.500. The molecule has 0 amide bonds. The largest absolute Gasteiger partial charge is 0.490 e. The molecule has 1 aromatic carbocycles. The molecule has 0 heterocycles. The van der Waals surface area contributed by atoms with Gasteiger partial charge >= 0.3 is 0 Å². The van der Waals surface area contributed by atoms with Crippen molar-refractivity contribution in [1.29, 1.82) is 5.41 Å². The molecule has 0 saturated carbocycles. The summed E-state index contributed by atoms with van der Waals surface area (Å²) in [5.41, 5.74) is 5.89. The minimum atomic E-state index is -0.122. The Morgan fingerprint density at radius 3 is 2.33 bits per heavy atom. The van der Waals surface area contributed by atoms with Crippen LogP contribution in [0.4, 0.5) is 0 Å². The van der Waals surface area contributed by atoms with Crippen LogP contribution in [-0.4, -0.2) is 52.6 Å². The lowest BCUT2D eigenvalue weighted by Gasteiger charge is -2.12. The van der Waals surface area contributed by atoms with Crippen LogP contribution in [0.25, 0.3) is 0 Å². The van der Waals surface area contributed by atoms with Crippen LogP contribution in [0.1, 0.15) is 5.56 Å². The molecule has 0 aliphatic heterocycles. The molecule has 0 radical (unpaired) electrons. The number of rotatable bonds is 11. The Bertz CT molecular complexity index is 443. The first kappa shape index (κ1) is 17.7. The van der Waals surface area contributed by atoms with Crippen molar-refractivity contribution in [3.05, 3.63) is 28.8 Å². The average molecular weight is 317 g/mol. The van der Waals surface area contributed by atoms with Gasteiger partial charge in [0.1, 0.15) is 18.2 Å². The van der Waals surface area contributed by atoms with E-state index in [0.717, 1.165) is 0 Å². The average Bonchev–Trinajstić information content (AvgIpc) is 2.45. The first-order chi connectivity index (χ1) is 10.2. The van der Waals surface area contributed by atoms with Crippen molar-refractivity contribution < 1.29 is 18.9 Å². The fourth-order valence-corrected chi connectivity index (χ4v) is 1.83. The van der Waals surface area contributed by atoms with Gasteiger partial charge < -0.3 is 24.7 Å². The summed E-state index contributed by atoms with van der Waals surface area (Å²) in [6, 6.07) is 5.13. The van der Waals surface area contributed by atoms with E-state index in [1.807, 2.05) is 0 Å². The number of ether oxygens (including phenoxy) is 4. The molecule has 3 N–H and O–H groups in total. The van der Waals surface area contributed by atoms with E-state index >= 15 is 0 Å². The van der Waals surface area contributed by atoms with Gasteiger partial charge in [-0.3, -0.25) is 5.41 Å². The number of methoxy groups -OCH3 is 1. The Morgan fingerprint density at radius 2 is 1.71 bits per heavy atom. The Labute approximate surface area is 129 Å². The number of nitrogen functional groups attached to an aromatic ring is 1. The van der Waals surface area contributed by atoms with Gasteiger partial charge in [-0.15, -0.1) is 0 Å². The molecular formula is C14H21ClN2O4. The molecule has 21 heavy (non-hydrogen) atoms. The van der Waals surface area contributed by atoms with Crippen LogP contribution >= 0.6 is 11.6 Å².